The molecular weight excluding hydrogens is 613 g/mol. The lowest BCUT2D eigenvalue weighted by Crippen LogP contribution is -2.58. The molecule has 47 heavy (non-hydrogen) atoms. The molecular formula is C40H30N4OSSi. The van der Waals surface area contributed by atoms with E-state index in [9.17, 15) is 0 Å². The van der Waals surface area contributed by atoms with Gasteiger partial charge in [-0.25, -0.2) is 9.97 Å². The van der Waals surface area contributed by atoms with Gasteiger partial charge in [-0.2, -0.15) is 0 Å². The summed E-state index contributed by atoms with van der Waals surface area (Å²) in [4.78, 5) is 12.1. The zero-order chi connectivity index (χ0) is 31.3. The summed E-state index contributed by atoms with van der Waals surface area (Å²) in [6.07, 6.45) is 12.5. The van der Waals surface area contributed by atoms with Gasteiger partial charge in [-0.1, -0.05) is 67.7 Å². The maximum Gasteiger partial charge on any atom is 0.137 e. The molecule has 5 heterocycles. The van der Waals surface area contributed by atoms with Gasteiger partial charge < -0.3 is 9.30 Å². The maximum absolute atomic E-state index is 6.65. The molecule has 0 amide bonds. The molecule has 10 rings (SSSR count). The number of hydrogen-bond donors (Lipinski definition) is 0. The minimum Gasteiger partial charge on any atom is -0.458 e. The summed E-state index contributed by atoms with van der Waals surface area (Å²) in [6.45, 7) is 4.90. The third-order valence-corrected chi connectivity index (χ3v) is 14.7. The first-order valence-electron chi connectivity index (χ1n) is 16.1. The lowest BCUT2D eigenvalue weighted by molar-refractivity contribution is 0.431. The number of thiophene rings is 1. The van der Waals surface area contributed by atoms with E-state index in [-0.39, 0.29) is 11.8 Å². The first-order chi connectivity index (χ1) is 23.0. The highest BCUT2D eigenvalue weighted by Gasteiger charge is 2.40. The molecule has 0 bridgehead atoms. The Hall–Kier alpha value is -5.24. The zero-order valence-electron chi connectivity index (χ0n) is 26.0. The molecule has 0 saturated heterocycles. The lowest BCUT2D eigenvalue weighted by Gasteiger charge is -2.40. The number of nitrogens with zero attached hydrogens (tertiary/aromatic N) is 4. The Bertz CT molecular complexity index is 2470. The molecule has 2 unspecified atom stereocenters. The molecule has 0 N–H and O–H groups in total. The van der Waals surface area contributed by atoms with E-state index in [1.807, 2.05) is 29.8 Å². The van der Waals surface area contributed by atoms with Gasteiger partial charge in [-0.05, 0) is 70.6 Å². The highest BCUT2D eigenvalue weighted by Crippen LogP contribution is 2.46. The number of anilines is 3. The SMILES string of the molecule is C[Si]1(C)c2cc3sc4ccccc4c3cc2N(c2cccc(OC3=CC4c5nccn5-c5ccccc5C4C=C3)c2)c2ncccc21. The monoisotopic (exact) mass is 642 g/mol. The van der Waals surface area contributed by atoms with Crippen LogP contribution < -0.4 is 20.0 Å². The smallest absolute Gasteiger partial charge is 0.137 e. The number of para-hydroxylation sites is 1. The van der Waals surface area contributed by atoms with Gasteiger partial charge in [0.05, 0.1) is 11.4 Å². The molecule has 4 aromatic carbocycles. The Labute approximate surface area is 277 Å². The predicted molar refractivity (Wildman–Crippen MR) is 195 cm³/mol. The minimum atomic E-state index is -2.04. The van der Waals surface area contributed by atoms with Crippen molar-refractivity contribution in [3.63, 3.8) is 0 Å². The summed E-state index contributed by atoms with van der Waals surface area (Å²) in [5.41, 5.74) is 4.76. The molecule has 2 atom stereocenters. The second-order valence-electron chi connectivity index (χ2n) is 13.1. The highest BCUT2D eigenvalue weighted by molar-refractivity contribution is 7.26. The average Bonchev–Trinajstić information content (AvgIpc) is 3.74. The van der Waals surface area contributed by atoms with E-state index >= 15 is 0 Å². The molecule has 7 heteroatoms. The van der Waals surface area contributed by atoms with Crippen molar-refractivity contribution in [2.24, 2.45) is 0 Å². The number of pyridine rings is 1. The van der Waals surface area contributed by atoms with Gasteiger partial charge in [0.2, 0.25) is 0 Å². The average molecular weight is 643 g/mol. The first-order valence-corrected chi connectivity index (χ1v) is 19.9. The Balaban J connectivity index is 1.07. The Morgan fingerprint density at radius 3 is 2.60 bits per heavy atom. The summed E-state index contributed by atoms with van der Waals surface area (Å²) in [6, 6.07) is 35.0. The summed E-state index contributed by atoms with van der Waals surface area (Å²) in [7, 11) is -2.04. The lowest BCUT2D eigenvalue weighted by atomic mass is 9.79. The molecule has 0 spiro atoms. The van der Waals surface area contributed by atoms with Gasteiger partial charge in [-0.3, -0.25) is 4.90 Å². The van der Waals surface area contributed by atoms with Gasteiger partial charge in [0, 0.05) is 62.4 Å². The van der Waals surface area contributed by atoms with Gasteiger partial charge in [0.25, 0.3) is 0 Å². The van der Waals surface area contributed by atoms with Crippen LogP contribution in [-0.2, 0) is 0 Å². The zero-order valence-corrected chi connectivity index (χ0v) is 27.8. The van der Waals surface area contributed by atoms with Crippen molar-refractivity contribution in [1.29, 1.82) is 0 Å². The number of imidazole rings is 1. The van der Waals surface area contributed by atoms with Crippen molar-refractivity contribution in [3.8, 4) is 11.4 Å². The summed E-state index contributed by atoms with van der Waals surface area (Å²) >= 11 is 1.89. The van der Waals surface area contributed by atoms with E-state index in [2.05, 4.69) is 138 Å². The van der Waals surface area contributed by atoms with E-state index in [1.165, 1.54) is 47.5 Å². The fraction of sp³-hybridized carbons (Fsp3) is 0.100. The van der Waals surface area contributed by atoms with Crippen LogP contribution in [0.4, 0.5) is 17.2 Å². The Morgan fingerprint density at radius 2 is 1.64 bits per heavy atom. The van der Waals surface area contributed by atoms with Crippen LogP contribution in [0.2, 0.25) is 13.1 Å². The number of fused-ring (bicyclic) bond motifs is 11. The standard InChI is InChI=1S/C40H30N4OSSi/c1-47(2)37-15-8-18-41-40(37)44(34-23-31-30-12-4-6-14-35(30)46-36(31)24-38(34)47)25-9-7-10-26(21-25)45-27-16-17-28-29-11-3-5-13-33(29)43-20-19-42-39(43)32(28)22-27/h3-24,28,32H,1-2H3. The van der Waals surface area contributed by atoms with Gasteiger partial charge in [0.15, 0.2) is 0 Å². The van der Waals surface area contributed by atoms with Gasteiger partial charge in [0.1, 0.15) is 31.2 Å². The van der Waals surface area contributed by atoms with E-state index < -0.39 is 8.07 Å². The summed E-state index contributed by atoms with van der Waals surface area (Å²) in [5.74, 6) is 4.00. The molecule has 1 aliphatic carbocycles. The van der Waals surface area contributed by atoms with Crippen LogP contribution in [0.3, 0.4) is 0 Å². The fourth-order valence-corrected chi connectivity index (χ4v) is 12.0. The maximum atomic E-state index is 6.65. The highest BCUT2D eigenvalue weighted by atomic mass is 32.1. The first kappa shape index (κ1) is 26.9. The van der Waals surface area contributed by atoms with Crippen LogP contribution in [-0.4, -0.2) is 22.6 Å². The minimum absolute atomic E-state index is 0.100. The molecule has 5 nitrogen and oxygen atoms in total. The second-order valence-corrected chi connectivity index (χ2v) is 18.5. The molecule has 3 aromatic heterocycles. The number of allylic oxidation sites excluding steroid dienone is 3. The number of rotatable bonds is 3. The molecule has 0 radical (unpaired) electrons. The molecule has 2 aliphatic heterocycles. The van der Waals surface area contributed by atoms with Crippen molar-refractivity contribution >= 4 is 67.1 Å². The largest absolute Gasteiger partial charge is 0.458 e. The molecule has 7 aromatic rings. The van der Waals surface area contributed by atoms with Crippen LogP contribution in [0.25, 0.3) is 25.9 Å². The van der Waals surface area contributed by atoms with Crippen LogP contribution >= 0.6 is 11.3 Å². The number of benzene rings is 4. The van der Waals surface area contributed by atoms with Crippen molar-refractivity contribution in [2.75, 3.05) is 4.90 Å². The second kappa shape index (κ2) is 9.88. The van der Waals surface area contributed by atoms with E-state index in [4.69, 9.17) is 14.7 Å². The Kier molecular flexibility index (Phi) is 5.66. The summed E-state index contributed by atoms with van der Waals surface area (Å²) < 4.78 is 11.5. The van der Waals surface area contributed by atoms with Crippen molar-refractivity contribution in [1.82, 2.24) is 14.5 Å². The molecule has 3 aliphatic rings. The third-order valence-electron chi connectivity index (χ3n) is 10.1. The topological polar surface area (TPSA) is 43.2 Å². The van der Waals surface area contributed by atoms with E-state index in [1.54, 1.807) is 0 Å². The quantitative estimate of drug-likeness (QED) is 0.181. The van der Waals surface area contributed by atoms with Gasteiger partial charge >= 0.3 is 0 Å². The predicted octanol–water partition coefficient (Wildman–Crippen LogP) is 8.95. The van der Waals surface area contributed by atoms with Crippen molar-refractivity contribution < 1.29 is 4.74 Å². The van der Waals surface area contributed by atoms with Gasteiger partial charge in [-0.15, -0.1) is 11.3 Å². The van der Waals surface area contributed by atoms with E-state index in [0.717, 1.165) is 28.8 Å². The van der Waals surface area contributed by atoms with Crippen LogP contribution in [0.5, 0.6) is 5.75 Å². The van der Waals surface area contributed by atoms with Crippen molar-refractivity contribution in [3.05, 3.63) is 151 Å². The van der Waals surface area contributed by atoms with Crippen LogP contribution in [0.15, 0.2) is 140 Å². The number of hydrogen-bond acceptors (Lipinski definition) is 5. The normalized spacial score (nSPS) is 18.6. The fourth-order valence-electron chi connectivity index (χ4n) is 7.86. The third kappa shape index (κ3) is 3.93. The van der Waals surface area contributed by atoms with Crippen LogP contribution in [0, 0.1) is 0 Å². The van der Waals surface area contributed by atoms with Crippen LogP contribution in [0.1, 0.15) is 23.2 Å². The molecule has 226 valence electrons. The van der Waals surface area contributed by atoms with E-state index in [0.29, 0.717) is 0 Å². The number of aromatic nitrogens is 3. The number of ether oxygens (including phenoxy) is 1. The molecule has 0 saturated carbocycles. The summed E-state index contributed by atoms with van der Waals surface area (Å²) in [5, 5.41) is 5.38. The van der Waals surface area contributed by atoms with Crippen molar-refractivity contribution in [2.45, 2.75) is 24.9 Å². The molecule has 0 fully saturated rings. The Morgan fingerprint density at radius 1 is 0.745 bits per heavy atom.